The van der Waals surface area contributed by atoms with E-state index in [0.717, 1.165) is 24.5 Å². The van der Waals surface area contributed by atoms with Crippen LogP contribution in [0.15, 0.2) is 0 Å². The molecule has 1 saturated heterocycles. The number of nitrogens with zero attached hydrogens (tertiary/aromatic N) is 1. The molecule has 2 aliphatic rings. The fourth-order valence-electron chi connectivity index (χ4n) is 3.79. The van der Waals surface area contributed by atoms with E-state index in [9.17, 15) is 0 Å². The maximum absolute atomic E-state index is 6.46. The molecule has 0 spiro atoms. The number of likely N-dealkylation sites (tertiary alicyclic amines) is 1. The van der Waals surface area contributed by atoms with Crippen molar-refractivity contribution in [3.8, 4) is 0 Å². The highest BCUT2D eigenvalue weighted by Crippen LogP contribution is 2.28. The Morgan fingerprint density at radius 3 is 2.12 bits per heavy atom. The maximum atomic E-state index is 6.46. The average Bonchev–Trinajstić information content (AvgIpc) is 2.35. The summed E-state index contributed by atoms with van der Waals surface area (Å²) in [7, 11) is 0. The van der Waals surface area contributed by atoms with E-state index in [1.807, 2.05) is 0 Å². The molecule has 0 radical (unpaired) electrons. The highest BCUT2D eigenvalue weighted by molar-refractivity contribution is 4.85. The Bertz CT molecular complexity index is 213. The lowest BCUT2D eigenvalue weighted by Gasteiger charge is -2.42. The molecule has 100 valence electrons. The van der Waals surface area contributed by atoms with Crippen LogP contribution in [0.2, 0.25) is 0 Å². The Hall–Kier alpha value is -0.0800. The first-order valence-corrected chi connectivity index (χ1v) is 7.70. The fraction of sp³-hybridized carbons (Fsp3) is 1.00. The quantitative estimate of drug-likeness (QED) is 0.818. The second-order valence-corrected chi connectivity index (χ2v) is 6.39. The molecule has 3 unspecified atom stereocenters. The molecule has 1 heterocycles. The molecule has 1 saturated carbocycles. The second-order valence-electron chi connectivity index (χ2n) is 6.39. The highest BCUT2D eigenvalue weighted by atomic mass is 15.2. The van der Waals surface area contributed by atoms with Gasteiger partial charge in [0.1, 0.15) is 0 Å². The monoisotopic (exact) mass is 238 g/mol. The number of rotatable bonds is 3. The van der Waals surface area contributed by atoms with E-state index >= 15 is 0 Å². The van der Waals surface area contributed by atoms with E-state index < -0.39 is 0 Å². The molecule has 0 aromatic rings. The smallest absolute Gasteiger partial charge is 0.0196 e. The Morgan fingerprint density at radius 2 is 1.53 bits per heavy atom. The molecular weight excluding hydrogens is 208 g/mol. The van der Waals surface area contributed by atoms with Crippen molar-refractivity contribution in [1.82, 2.24) is 4.90 Å². The Balaban J connectivity index is 1.85. The van der Waals surface area contributed by atoms with Crippen LogP contribution in [-0.2, 0) is 0 Å². The summed E-state index contributed by atoms with van der Waals surface area (Å²) in [4.78, 5) is 2.67. The van der Waals surface area contributed by atoms with Gasteiger partial charge in [0, 0.05) is 24.7 Å². The van der Waals surface area contributed by atoms with E-state index in [4.69, 9.17) is 5.73 Å². The molecule has 0 aromatic carbocycles. The van der Waals surface area contributed by atoms with Gasteiger partial charge in [-0.05, 0) is 45.4 Å². The van der Waals surface area contributed by atoms with E-state index in [1.54, 1.807) is 0 Å². The Labute approximate surface area is 107 Å². The maximum Gasteiger partial charge on any atom is 0.0196 e. The summed E-state index contributed by atoms with van der Waals surface area (Å²) in [5.41, 5.74) is 6.46. The van der Waals surface area contributed by atoms with Gasteiger partial charge in [-0.15, -0.1) is 0 Å². The summed E-state index contributed by atoms with van der Waals surface area (Å²) in [6.45, 7) is 5.89. The fourth-order valence-corrected chi connectivity index (χ4v) is 3.79. The summed E-state index contributed by atoms with van der Waals surface area (Å²) in [6, 6.07) is 1.90. The average molecular weight is 238 g/mol. The lowest BCUT2D eigenvalue weighted by atomic mass is 9.83. The van der Waals surface area contributed by atoms with Crippen LogP contribution in [0.4, 0.5) is 0 Å². The van der Waals surface area contributed by atoms with Gasteiger partial charge in [0.2, 0.25) is 0 Å². The van der Waals surface area contributed by atoms with E-state index in [2.05, 4.69) is 18.7 Å². The van der Waals surface area contributed by atoms with Crippen LogP contribution in [0.1, 0.15) is 65.2 Å². The first kappa shape index (κ1) is 13.4. The van der Waals surface area contributed by atoms with Crippen LogP contribution in [0.25, 0.3) is 0 Å². The van der Waals surface area contributed by atoms with Crippen molar-refractivity contribution in [2.24, 2.45) is 11.7 Å². The van der Waals surface area contributed by atoms with Crippen molar-refractivity contribution in [1.29, 1.82) is 0 Å². The van der Waals surface area contributed by atoms with Gasteiger partial charge in [-0.1, -0.05) is 25.7 Å². The molecular formula is C15H30N2. The first-order valence-electron chi connectivity index (χ1n) is 7.70. The predicted molar refractivity (Wildman–Crippen MR) is 74.0 cm³/mol. The van der Waals surface area contributed by atoms with Gasteiger partial charge in [-0.25, -0.2) is 0 Å². The standard InChI is InChI=1S/C15H30N2/c1-12-7-6-8-13(2)17(12)11-15(16)14-9-4-3-5-10-14/h12-15H,3-11,16H2,1-2H3. The molecule has 2 fully saturated rings. The minimum absolute atomic E-state index is 0.415. The molecule has 2 nitrogen and oxygen atoms in total. The molecule has 2 N–H and O–H groups in total. The molecule has 0 aromatic heterocycles. The van der Waals surface area contributed by atoms with Crippen molar-refractivity contribution < 1.29 is 0 Å². The van der Waals surface area contributed by atoms with Gasteiger partial charge < -0.3 is 5.73 Å². The van der Waals surface area contributed by atoms with Gasteiger partial charge in [-0.3, -0.25) is 4.90 Å². The lowest BCUT2D eigenvalue weighted by Crippen LogP contribution is -2.51. The zero-order chi connectivity index (χ0) is 12.3. The van der Waals surface area contributed by atoms with Crippen molar-refractivity contribution >= 4 is 0 Å². The first-order chi connectivity index (χ1) is 8.18. The number of hydrogen-bond acceptors (Lipinski definition) is 2. The Kier molecular flexibility index (Phi) is 4.87. The van der Waals surface area contributed by atoms with Crippen LogP contribution in [0.5, 0.6) is 0 Å². The van der Waals surface area contributed by atoms with Gasteiger partial charge in [0.25, 0.3) is 0 Å². The van der Waals surface area contributed by atoms with E-state index in [0.29, 0.717) is 6.04 Å². The summed E-state index contributed by atoms with van der Waals surface area (Å²) in [5, 5.41) is 0. The van der Waals surface area contributed by atoms with Crippen molar-refractivity contribution in [3.63, 3.8) is 0 Å². The number of piperidine rings is 1. The van der Waals surface area contributed by atoms with Crippen LogP contribution >= 0.6 is 0 Å². The third-order valence-corrected chi connectivity index (χ3v) is 5.05. The van der Waals surface area contributed by atoms with E-state index in [1.165, 1.54) is 51.4 Å². The van der Waals surface area contributed by atoms with Gasteiger partial charge >= 0.3 is 0 Å². The topological polar surface area (TPSA) is 29.3 Å². The van der Waals surface area contributed by atoms with Crippen molar-refractivity contribution in [2.75, 3.05) is 6.54 Å². The van der Waals surface area contributed by atoms with Crippen LogP contribution in [0, 0.1) is 5.92 Å². The Morgan fingerprint density at radius 1 is 0.941 bits per heavy atom. The predicted octanol–water partition coefficient (Wildman–Crippen LogP) is 3.16. The normalized spacial score (nSPS) is 34.8. The molecule has 0 amide bonds. The summed E-state index contributed by atoms with van der Waals surface area (Å²) in [6.07, 6.45) is 11.1. The zero-order valence-electron chi connectivity index (χ0n) is 11.7. The van der Waals surface area contributed by atoms with Gasteiger partial charge in [0.15, 0.2) is 0 Å². The van der Waals surface area contributed by atoms with E-state index in [-0.39, 0.29) is 0 Å². The number of hydrogen-bond donors (Lipinski definition) is 1. The van der Waals surface area contributed by atoms with Crippen LogP contribution in [0.3, 0.4) is 0 Å². The largest absolute Gasteiger partial charge is 0.326 e. The molecule has 17 heavy (non-hydrogen) atoms. The number of nitrogens with two attached hydrogens (primary N) is 1. The van der Waals surface area contributed by atoms with Crippen molar-refractivity contribution in [3.05, 3.63) is 0 Å². The van der Waals surface area contributed by atoms with Crippen LogP contribution < -0.4 is 5.73 Å². The highest BCUT2D eigenvalue weighted by Gasteiger charge is 2.29. The molecule has 1 aliphatic carbocycles. The third-order valence-electron chi connectivity index (χ3n) is 5.05. The molecule has 2 heteroatoms. The molecule has 2 rings (SSSR count). The van der Waals surface area contributed by atoms with Crippen LogP contribution in [-0.4, -0.2) is 29.6 Å². The minimum atomic E-state index is 0.415. The van der Waals surface area contributed by atoms with Crippen molar-refractivity contribution in [2.45, 2.75) is 83.3 Å². The lowest BCUT2D eigenvalue weighted by molar-refractivity contribution is 0.0834. The molecule has 3 atom stereocenters. The zero-order valence-corrected chi connectivity index (χ0v) is 11.7. The summed E-state index contributed by atoms with van der Waals surface area (Å²) in [5.74, 6) is 0.796. The molecule has 1 aliphatic heterocycles. The SMILES string of the molecule is CC1CCCC(C)N1CC(N)C1CCCCC1. The minimum Gasteiger partial charge on any atom is -0.326 e. The second kappa shape index (κ2) is 6.19. The summed E-state index contributed by atoms with van der Waals surface area (Å²) >= 11 is 0. The van der Waals surface area contributed by atoms with Gasteiger partial charge in [-0.2, -0.15) is 0 Å². The molecule has 0 bridgehead atoms. The third kappa shape index (κ3) is 3.45. The van der Waals surface area contributed by atoms with Gasteiger partial charge in [0.05, 0.1) is 0 Å². The summed E-state index contributed by atoms with van der Waals surface area (Å²) < 4.78 is 0.